The quantitative estimate of drug-likeness (QED) is 0.928. The minimum Gasteiger partial charge on any atom is -0.417 e. The summed E-state index contributed by atoms with van der Waals surface area (Å²) >= 11 is 0. The van der Waals surface area contributed by atoms with Crippen LogP contribution in [0.3, 0.4) is 0 Å². The van der Waals surface area contributed by atoms with Crippen molar-refractivity contribution >= 4 is 0 Å². The number of hydrogen-bond donors (Lipinski definition) is 1. The zero-order valence-corrected chi connectivity index (χ0v) is 9.48. The molecular weight excluding hydrogens is 265 g/mol. The van der Waals surface area contributed by atoms with E-state index in [1.54, 1.807) is 0 Å². The molecule has 0 saturated heterocycles. The molecule has 8 heteroatoms. The fraction of sp³-hybridized carbons (Fsp3) is 0.182. The summed E-state index contributed by atoms with van der Waals surface area (Å²) in [6.45, 7) is 0.132. The molecule has 0 bridgehead atoms. The molecule has 0 aliphatic rings. The normalized spacial score (nSPS) is 11.4. The number of oxazole rings is 1. The SMILES string of the molecule is NCc1coc(Oc2ccccc2OC(F)(F)F)n1. The number of halogens is 3. The van der Waals surface area contributed by atoms with Crippen LogP contribution in [-0.2, 0) is 6.54 Å². The van der Waals surface area contributed by atoms with E-state index in [9.17, 15) is 13.2 Å². The summed E-state index contributed by atoms with van der Waals surface area (Å²) < 4.78 is 50.3. The summed E-state index contributed by atoms with van der Waals surface area (Å²) in [6, 6.07) is 5.29. The Bertz CT molecular complexity index is 554. The smallest absolute Gasteiger partial charge is 0.417 e. The van der Waals surface area contributed by atoms with Crippen LogP contribution in [0.2, 0.25) is 0 Å². The summed E-state index contributed by atoms with van der Waals surface area (Å²) in [4.78, 5) is 3.81. The molecule has 1 aromatic carbocycles. The van der Waals surface area contributed by atoms with Crippen molar-refractivity contribution in [3.63, 3.8) is 0 Å². The Morgan fingerprint density at radius 1 is 1.21 bits per heavy atom. The van der Waals surface area contributed by atoms with Crippen LogP contribution in [0.5, 0.6) is 17.6 Å². The molecule has 0 aliphatic carbocycles. The average Bonchev–Trinajstić information content (AvgIpc) is 2.78. The second kappa shape index (κ2) is 5.19. The average molecular weight is 274 g/mol. The van der Waals surface area contributed by atoms with E-state index >= 15 is 0 Å². The van der Waals surface area contributed by atoms with E-state index < -0.39 is 12.1 Å². The number of hydrogen-bond acceptors (Lipinski definition) is 5. The van der Waals surface area contributed by atoms with Crippen LogP contribution in [0, 0.1) is 0 Å². The molecule has 102 valence electrons. The van der Waals surface area contributed by atoms with Gasteiger partial charge in [-0.3, -0.25) is 0 Å². The van der Waals surface area contributed by atoms with Gasteiger partial charge in [0.1, 0.15) is 6.26 Å². The molecule has 0 unspecified atom stereocenters. The summed E-state index contributed by atoms with van der Waals surface area (Å²) in [6.07, 6.45) is -3.76. The van der Waals surface area contributed by atoms with Crippen LogP contribution in [-0.4, -0.2) is 11.3 Å². The standard InChI is InChI=1S/C11H9F3N2O3/c12-11(13,14)19-9-4-2-1-3-8(9)18-10-16-7(5-15)6-17-10/h1-4,6H,5,15H2. The zero-order valence-electron chi connectivity index (χ0n) is 9.48. The molecule has 0 amide bonds. The summed E-state index contributed by atoms with van der Waals surface area (Å²) in [5.74, 6) is -0.646. The van der Waals surface area contributed by atoms with E-state index in [1.165, 1.54) is 24.5 Å². The summed E-state index contributed by atoms with van der Waals surface area (Å²) in [5.41, 5.74) is 5.74. The number of benzene rings is 1. The molecule has 5 nitrogen and oxygen atoms in total. The maximum Gasteiger partial charge on any atom is 0.573 e. The Morgan fingerprint density at radius 3 is 2.47 bits per heavy atom. The van der Waals surface area contributed by atoms with Gasteiger partial charge in [0.25, 0.3) is 0 Å². The third-order valence-electron chi connectivity index (χ3n) is 2.01. The maximum atomic E-state index is 12.2. The number of alkyl halides is 3. The fourth-order valence-corrected chi connectivity index (χ4v) is 1.27. The van der Waals surface area contributed by atoms with Crippen molar-refractivity contribution in [2.24, 2.45) is 5.73 Å². The van der Waals surface area contributed by atoms with Crippen LogP contribution in [0.25, 0.3) is 0 Å². The Balaban J connectivity index is 2.20. The molecule has 1 aromatic heterocycles. The van der Waals surface area contributed by atoms with Gasteiger partial charge in [-0.1, -0.05) is 12.1 Å². The number of nitrogens with two attached hydrogens (primary N) is 1. The lowest BCUT2D eigenvalue weighted by molar-refractivity contribution is -0.275. The predicted octanol–water partition coefficient (Wildman–Crippen LogP) is 2.82. The second-order valence-corrected chi connectivity index (χ2v) is 3.41. The molecule has 0 atom stereocenters. The Hall–Kier alpha value is -2.22. The van der Waals surface area contributed by atoms with E-state index in [2.05, 4.69) is 9.72 Å². The lowest BCUT2D eigenvalue weighted by Crippen LogP contribution is -2.17. The minimum atomic E-state index is -4.81. The number of para-hydroxylation sites is 2. The van der Waals surface area contributed by atoms with Gasteiger partial charge >= 0.3 is 12.4 Å². The third kappa shape index (κ3) is 3.62. The van der Waals surface area contributed by atoms with Gasteiger partial charge in [0.2, 0.25) is 0 Å². The number of nitrogens with zero attached hydrogens (tertiary/aromatic N) is 1. The van der Waals surface area contributed by atoms with Crippen LogP contribution in [0.4, 0.5) is 13.2 Å². The van der Waals surface area contributed by atoms with Gasteiger partial charge in [-0.15, -0.1) is 13.2 Å². The number of rotatable bonds is 4. The first-order chi connectivity index (χ1) is 8.98. The van der Waals surface area contributed by atoms with Crippen molar-refractivity contribution in [1.82, 2.24) is 4.98 Å². The highest BCUT2D eigenvalue weighted by Gasteiger charge is 2.32. The van der Waals surface area contributed by atoms with E-state index in [-0.39, 0.29) is 18.4 Å². The van der Waals surface area contributed by atoms with Gasteiger partial charge in [-0.25, -0.2) is 0 Å². The summed E-state index contributed by atoms with van der Waals surface area (Å²) in [5, 5.41) is 0. The van der Waals surface area contributed by atoms with Crippen molar-refractivity contribution in [2.45, 2.75) is 12.9 Å². The van der Waals surface area contributed by atoms with Crippen molar-refractivity contribution in [1.29, 1.82) is 0 Å². The molecule has 2 aromatic rings. The Kier molecular flexibility index (Phi) is 3.61. The molecule has 19 heavy (non-hydrogen) atoms. The van der Waals surface area contributed by atoms with Crippen molar-refractivity contribution < 1.29 is 27.1 Å². The first-order valence-electron chi connectivity index (χ1n) is 5.15. The van der Waals surface area contributed by atoms with Gasteiger partial charge in [-0.05, 0) is 12.1 Å². The van der Waals surface area contributed by atoms with E-state index in [0.29, 0.717) is 5.69 Å². The lowest BCUT2D eigenvalue weighted by atomic mass is 10.3. The topological polar surface area (TPSA) is 70.5 Å². The maximum absolute atomic E-state index is 12.2. The van der Waals surface area contributed by atoms with E-state index in [4.69, 9.17) is 14.9 Å². The third-order valence-corrected chi connectivity index (χ3v) is 2.01. The number of aromatic nitrogens is 1. The molecule has 2 rings (SSSR count). The Morgan fingerprint density at radius 2 is 1.89 bits per heavy atom. The van der Waals surface area contributed by atoms with Gasteiger partial charge in [0, 0.05) is 6.54 Å². The highest BCUT2D eigenvalue weighted by atomic mass is 19.4. The highest BCUT2D eigenvalue weighted by Crippen LogP contribution is 2.34. The monoisotopic (exact) mass is 274 g/mol. The molecule has 0 spiro atoms. The van der Waals surface area contributed by atoms with Crippen LogP contribution in [0.1, 0.15) is 5.69 Å². The van der Waals surface area contributed by atoms with Crippen molar-refractivity contribution in [3.8, 4) is 17.6 Å². The lowest BCUT2D eigenvalue weighted by Gasteiger charge is -2.11. The van der Waals surface area contributed by atoms with Gasteiger partial charge in [0.05, 0.1) is 5.69 Å². The molecule has 0 aliphatic heterocycles. The second-order valence-electron chi connectivity index (χ2n) is 3.41. The molecule has 2 N–H and O–H groups in total. The van der Waals surface area contributed by atoms with E-state index in [1.807, 2.05) is 0 Å². The summed E-state index contributed by atoms with van der Waals surface area (Å²) in [7, 11) is 0. The molecule has 0 saturated carbocycles. The number of ether oxygens (including phenoxy) is 2. The highest BCUT2D eigenvalue weighted by molar-refractivity contribution is 5.40. The van der Waals surface area contributed by atoms with Crippen LogP contribution < -0.4 is 15.2 Å². The Labute approximate surface area is 105 Å². The largest absolute Gasteiger partial charge is 0.573 e. The van der Waals surface area contributed by atoms with Gasteiger partial charge in [0.15, 0.2) is 11.5 Å². The van der Waals surface area contributed by atoms with Crippen molar-refractivity contribution in [3.05, 3.63) is 36.2 Å². The fourth-order valence-electron chi connectivity index (χ4n) is 1.27. The molecular formula is C11H9F3N2O3. The van der Waals surface area contributed by atoms with Gasteiger partial charge < -0.3 is 19.6 Å². The van der Waals surface area contributed by atoms with Crippen LogP contribution >= 0.6 is 0 Å². The molecule has 1 heterocycles. The first kappa shape index (κ1) is 13.2. The molecule has 0 fully saturated rings. The molecule has 0 radical (unpaired) electrons. The van der Waals surface area contributed by atoms with Gasteiger partial charge in [-0.2, -0.15) is 4.98 Å². The first-order valence-corrected chi connectivity index (χ1v) is 5.15. The van der Waals surface area contributed by atoms with E-state index in [0.717, 1.165) is 6.07 Å². The minimum absolute atomic E-state index is 0.132. The van der Waals surface area contributed by atoms with Crippen LogP contribution in [0.15, 0.2) is 34.9 Å². The zero-order chi connectivity index (χ0) is 13.9. The predicted molar refractivity (Wildman–Crippen MR) is 57.6 cm³/mol. The van der Waals surface area contributed by atoms with Crippen molar-refractivity contribution in [2.75, 3.05) is 0 Å².